The first kappa shape index (κ1) is 30.8. The van der Waals surface area contributed by atoms with Gasteiger partial charge in [0.2, 0.25) is 11.8 Å². The van der Waals surface area contributed by atoms with E-state index >= 15 is 0 Å². The summed E-state index contributed by atoms with van der Waals surface area (Å²) in [5.74, 6) is -2.16. The number of carbonyl (C=O) groups is 2. The third kappa shape index (κ3) is 6.87. The van der Waals surface area contributed by atoms with Crippen LogP contribution in [0.25, 0.3) is 0 Å². The Kier molecular flexibility index (Phi) is 9.30. The molecule has 2 amide bonds. The Morgan fingerprint density at radius 2 is 1.74 bits per heavy atom. The van der Waals surface area contributed by atoms with E-state index in [1.807, 2.05) is 9.80 Å². The highest BCUT2D eigenvalue weighted by atomic mass is 19.2. The van der Waals surface area contributed by atoms with Crippen LogP contribution >= 0.6 is 0 Å². The molecule has 6 rings (SSSR count). The number of piperidine rings is 1. The van der Waals surface area contributed by atoms with Crippen molar-refractivity contribution in [1.82, 2.24) is 24.9 Å². The molecule has 7 atom stereocenters. The summed E-state index contributed by atoms with van der Waals surface area (Å²) in [6, 6.07) is 3.38. The largest absolute Gasteiger partial charge is 0.388 e. The quantitative estimate of drug-likeness (QED) is 0.420. The fourth-order valence-electron chi connectivity index (χ4n) is 7.44. The summed E-state index contributed by atoms with van der Waals surface area (Å²) < 4.78 is 39.8. The van der Waals surface area contributed by atoms with E-state index in [2.05, 4.69) is 22.2 Å². The maximum Gasteiger partial charge on any atom is 0.240 e. The Balaban J connectivity index is 1.26. The van der Waals surface area contributed by atoms with E-state index in [4.69, 9.17) is 9.47 Å². The van der Waals surface area contributed by atoms with E-state index in [1.165, 1.54) is 6.07 Å². The smallest absolute Gasteiger partial charge is 0.240 e. The molecule has 3 N–H and O–H groups in total. The van der Waals surface area contributed by atoms with Crippen molar-refractivity contribution in [3.05, 3.63) is 35.4 Å². The minimum Gasteiger partial charge on any atom is -0.388 e. The Bertz CT molecular complexity index is 1170. The predicted molar refractivity (Wildman–Crippen MR) is 151 cm³/mol. The number of hydrogen-bond donors (Lipinski definition) is 3. The maximum absolute atomic E-state index is 14.1. The molecule has 43 heavy (non-hydrogen) atoms. The number of amides is 2. The Labute approximate surface area is 250 Å². The van der Waals surface area contributed by atoms with Crippen molar-refractivity contribution in [2.24, 2.45) is 0 Å². The molecule has 11 nitrogen and oxygen atoms in total. The van der Waals surface area contributed by atoms with Crippen molar-refractivity contribution in [2.75, 3.05) is 59.5 Å². The van der Waals surface area contributed by atoms with Crippen LogP contribution < -0.4 is 5.32 Å². The number of hydrogen-bond acceptors (Lipinski definition) is 9. The van der Waals surface area contributed by atoms with Gasteiger partial charge in [0, 0.05) is 51.4 Å². The zero-order valence-electron chi connectivity index (χ0n) is 24.6. The molecule has 0 saturated carbocycles. The van der Waals surface area contributed by atoms with Gasteiger partial charge in [-0.15, -0.1) is 0 Å². The Morgan fingerprint density at radius 3 is 2.51 bits per heavy atom. The van der Waals surface area contributed by atoms with Gasteiger partial charge in [0.25, 0.3) is 0 Å². The molecular weight excluding hydrogens is 564 g/mol. The van der Waals surface area contributed by atoms with E-state index < -0.39 is 36.1 Å². The molecule has 1 aromatic rings. The molecule has 5 aliphatic heterocycles. The molecule has 5 saturated heterocycles. The number of carbonyl (C=O) groups excluding carboxylic acids is 2. The lowest BCUT2D eigenvalue weighted by Gasteiger charge is -2.41. The standard InChI is InChI=1S/C30H43F2N5O6/c1-34-6-4-20(5-7-34)37-14-19-11-24(37)30(41)36-8-9-42-21(16-36)15-35(13-18-2-3-22(31)23(32)10-18)17-26-29(40)28(39)25(43-26)12-27(38)33-19/h2-3,10,19-21,24-26,28-29,39-40H,4-9,11-17H2,1H3,(H,33,38)/t19-,21+,24-,25-,26+,28-,29+/m0/s1. The van der Waals surface area contributed by atoms with E-state index in [-0.39, 0.29) is 55.6 Å². The molecule has 5 aliphatic rings. The van der Waals surface area contributed by atoms with Crippen LogP contribution in [0.3, 0.4) is 0 Å². The number of likely N-dealkylation sites (tertiary alicyclic amines) is 2. The molecule has 0 unspecified atom stereocenters. The first-order chi connectivity index (χ1) is 20.6. The van der Waals surface area contributed by atoms with Gasteiger partial charge in [-0.1, -0.05) is 6.07 Å². The number of fused-ring (bicyclic) bond motifs is 6. The lowest BCUT2D eigenvalue weighted by atomic mass is 10.0. The Hall–Kier alpha value is -2.26. The number of aliphatic hydroxyl groups is 2. The van der Waals surface area contributed by atoms with Crippen LogP contribution in [-0.2, 0) is 25.6 Å². The number of nitrogens with one attached hydrogen (secondary N) is 1. The van der Waals surface area contributed by atoms with Gasteiger partial charge < -0.3 is 34.8 Å². The van der Waals surface area contributed by atoms with E-state index in [9.17, 15) is 28.6 Å². The summed E-state index contributed by atoms with van der Waals surface area (Å²) in [5, 5.41) is 24.7. The second kappa shape index (κ2) is 13.0. The molecule has 5 fully saturated rings. The minimum absolute atomic E-state index is 0.0393. The second-order valence-corrected chi connectivity index (χ2v) is 12.9. The number of ether oxygens (including phenoxy) is 2. The molecule has 1 aromatic carbocycles. The lowest BCUT2D eigenvalue weighted by molar-refractivity contribution is -0.145. The van der Waals surface area contributed by atoms with Crippen molar-refractivity contribution >= 4 is 11.8 Å². The van der Waals surface area contributed by atoms with Crippen LogP contribution in [0.4, 0.5) is 8.78 Å². The fraction of sp³-hybridized carbons (Fsp3) is 0.733. The van der Waals surface area contributed by atoms with Gasteiger partial charge in [0.05, 0.1) is 37.4 Å². The van der Waals surface area contributed by atoms with Gasteiger partial charge in [0.1, 0.15) is 12.2 Å². The van der Waals surface area contributed by atoms with Crippen LogP contribution in [0.1, 0.15) is 31.2 Å². The minimum atomic E-state index is -1.26. The average molecular weight is 608 g/mol. The topological polar surface area (TPSA) is 118 Å². The SMILES string of the molecule is CN1CCC(N2C[C@@H]3C[C@H]2C(=O)N2CCO[C@H](CN(Cc4ccc(F)c(F)c4)C[C@H]4O[C@@H](CC(=O)N3)[C@H](O)[C@@H]4O)C2)CC1. The van der Waals surface area contributed by atoms with Gasteiger partial charge in [-0.2, -0.15) is 0 Å². The fourth-order valence-corrected chi connectivity index (χ4v) is 7.44. The molecule has 0 aromatic heterocycles. The number of halogens is 2. The molecular formula is C30H43F2N5O6. The van der Waals surface area contributed by atoms with Gasteiger partial charge in [0.15, 0.2) is 11.6 Å². The summed E-state index contributed by atoms with van der Waals surface area (Å²) in [7, 11) is 2.10. The van der Waals surface area contributed by atoms with Crippen LogP contribution in [0.5, 0.6) is 0 Å². The van der Waals surface area contributed by atoms with Crippen molar-refractivity contribution in [1.29, 1.82) is 0 Å². The van der Waals surface area contributed by atoms with Crippen LogP contribution in [0.2, 0.25) is 0 Å². The normalized spacial score (nSPS) is 35.8. The highest BCUT2D eigenvalue weighted by Gasteiger charge is 2.47. The van der Waals surface area contributed by atoms with Crippen molar-refractivity contribution < 1.29 is 38.1 Å². The maximum atomic E-state index is 14.1. The zero-order valence-corrected chi connectivity index (χ0v) is 24.6. The van der Waals surface area contributed by atoms with Gasteiger partial charge in [-0.05, 0) is 57.1 Å². The molecule has 6 bridgehead atoms. The molecule has 5 heterocycles. The monoisotopic (exact) mass is 607 g/mol. The Morgan fingerprint density at radius 1 is 0.977 bits per heavy atom. The summed E-state index contributed by atoms with van der Waals surface area (Å²) in [5.41, 5.74) is 0.520. The summed E-state index contributed by atoms with van der Waals surface area (Å²) in [6.45, 7) is 4.35. The number of rotatable bonds is 3. The molecule has 238 valence electrons. The summed E-state index contributed by atoms with van der Waals surface area (Å²) in [4.78, 5) is 35.5. The van der Waals surface area contributed by atoms with Crippen LogP contribution in [0.15, 0.2) is 18.2 Å². The molecule has 13 heteroatoms. The van der Waals surface area contributed by atoms with Crippen molar-refractivity contribution in [3.8, 4) is 0 Å². The first-order valence-electron chi connectivity index (χ1n) is 15.5. The number of nitrogens with zero attached hydrogens (tertiary/aromatic N) is 4. The predicted octanol–water partition coefficient (Wildman–Crippen LogP) is -0.460. The highest BCUT2D eigenvalue weighted by molar-refractivity contribution is 5.83. The summed E-state index contributed by atoms with van der Waals surface area (Å²) >= 11 is 0. The molecule has 0 spiro atoms. The number of morpholine rings is 1. The van der Waals surface area contributed by atoms with Crippen molar-refractivity contribution in [3.63, 3.8) is 0 Å². The number of aliphatic hydroxyl groups excluding tert-OH is 2. The molecule has 0 aliphatic carbocycles. The highest BCUT2D eigenvalue weighted by Crippen LogP contribution is 2.30. The third-order valence-electron chi connectivity index (χ3n) is 9.74. The zero-order chi connectivity index (χ0) is 30.2. The van der Waals surface area contributed by atoms with Crippen LogP contribution in [-0.4, -0.2) is 150 Å². The van der Waals surface area contributed by atoms with Crippen LogP contribution in [0, 0.1) is 11.6 Å². The van der Waals surface area contributed by atoms with E-state index in [1.54, 1.807) is 0 Å². The van der Waals surface area contributed by atoms with E-state index in [0.29, 0.717) is 44.8 Å². The first-order valence-corrected chi connectivity index (χ1v) is 15.5. The lowest BCUT2D eigenvalue weighted by Crippen LogP contribution is -2.56. The average Bonchev–Trinajstić information content (AvgIpc) is 3.51. The summed E-state index contributed by atoms with van der Waals surface area (Å²) in [6.07, 6.45) is -2.29. The van der Waals surface area contributed by atoms with E-state index in [0.717, 1.165) is 38.1 Å². The van der Waals surface area contributed by atoms with Gasteiger partial charge in [-0.25, -0.2) is 8.78 Å². The second-order valence-electron chi connectivity index (χ2n) is 12.9. The van der Waals surface area contributed by atoms with Crippen molar-refractivity contribution in [2.45, 2.75) is 80.9 Å². The number of benzene rings is 1. The third-order valence-corrected chi connectivity index (χ3v) is 9.74. The van der Waals surface area contributed by atoms with Gasteiger partial charge in [-0.3, -0.25) is 19.4 Å². The molecule has 0 radical (unpaired) electrons. The van der Waals surface area contributed by atoms with Gasteiger partial charge >= 0.3 is 0 Å².